The second-order valence-electron chi connectivity index (χ2n) is 7.39. The minimum absolute atomic E-state index is 0.102. The highest BCUT2D eigenvalue weighted by Crippen LogP contribution is 2.33. The number of nitrogens with zero attached hydrogens (tertiary/aromatic N) is 1. The van der Waals surface area contributed by atoms with Crippen LogP contribution in [-0.4, -0.2) is 16.8 Å². The molecule has 3 aromatic heterocycles. The molecule has 5 aromatic rings. The Kier molecular flexibility index (Phi) is 6.30. The van der Waals surface area contributed by atoms with E-state index < -0.39 is 0 Å². The highest BCUT2D eigenvalue weighted by atomic mass is 32.1. The van der Waals surface area contributed by atoms with Gasteiger partial charge in [0.2, 0.25) is 11.8 Å². The summed E-state index contributed by atoms with van der Waals surface area (Å²) in [5, 5.41) is 10.7. The van der Waals surface area contributed by atoms with Gasteiger partial charge in [-0.3, -0.25) is 9.59 Å². The fraction of sp³-hybridized carbons (Fsp3) is 0.0800. The number of thiazole rings is 1. The number of rotatable bonds is 7. The smallest absolute Gasteiger partial charge is 0.229 e. The molecule has 0 unspecified atom stereocenters. The number of thiophene rings is 2. The predicted octanol–water partition coefficient (Wildman–Crippen LogP) is 6.45. The molecule has 8 heteroatoms. The Labute approximate surface area is 202 Å². The summed E-state index contributed by atoms with van der Waals surface area (Å²) in [7, 11) is 0. The molecule has 0 spiro atoms. The second-order valence-corrected chi connectivity index (χ2v) is 10.5. The van der Waals surface area contributed by atoms with Crippen LogP contribution in [0.25, 0.3) is 20.8 Å². The van der Waals surface area contributed by atoms with E-state index in [0.717, 1.165) is 30.5 Å². The first-order chi connectivity index (χ1) is 16.1. The Balaban J connectivity index is 1.43. The summed E-state index contributed by atoms with van der Waals surface area (Å²) in [6.45, 7) is 0. The van der Waals surface area contributed by atoms with E-state index in [1.807, 2.05) is 71.4 Å². The highest BCUT2D eigenvalue weighted by Gasteiger charge is 2.13. The van der Waals surface area contributed by atoms with Crippen LogP contribution < -0.4 is 10.6 Å². The first-order valence-electron chi connectivity index (χ1n) is 10.3. The lowest BCUT2D eigenvalue weighted by Gasteiger charge is -2.11. The molecule has 0 saturated carbocycles. The van der Waals surface area contributed by atoms with Gasteiger partial charge < -0.3 is 10.6 Å². The van der Waals surface area contributed by atoms with Crippen LogP contribution in [0.3, 0.4) is 0 Å². The molecule has 2 amide bonds. The molecule has 0 aliphatic carbocycles. The lowest BCUT2D eigenvalue weighted by Crippen LogP contribution is -2.16. The quantitative estimate of drug-likeness (QED) is 0.276. The number of amides is 2. The normalized spacial score (nSPS) is 10.9. The minimum Gasteiger partial charge on any atom is -0.326 e. The number of fused-ring (bicyclic) bond motifs is 1. The van der Waals surface area contributed by atoms with Gasteiger partial charge in [0.1, 0.15) is 5.01 Å². The van der Waals surface area contributed by atoms with E-state index in [1.165, 1.54) is 0 Å². The summed E-state index contributed by atoms with van der Waals surface area (Å²) in [5.74, 6) is -0.204. The number of hydrogen-bond donors (Lipinski definition) is 2. The molecule has 0 radical (unpaired) electrons. The van der Waals surface area contributed by atoms with Gasteiger partial charge in [-0.25, -0.2) is 4.98 Å². The van der Waals surface area contributed by atoms with Crippen molar-refractivity contribution >= 4 is 67.4 Å². The molecule has 3 heterocycles. The fourth-order valence-corrected chi connectivity index (χ4v) is 5.80. The first-order valence-corrected chi connectivity index (χ1v) is 12.9. The van der Waals surface area contributed by atoms with Crippen molar-refractivity contribution in [2.45, 2.75) is 12.8 Å². The standard InChI is InChI=1S/C25H19N3O2S3/c29-23(14-19-5-3-9-31-19)26-17-11-16(25-28-21-7-1-2-8-22(21)33-25)12-18(13-17)27-24(30)15-20-6-4-10-32-20/h1-13H,14-15H2,(H,26,29)(H,27,30). The van der Waals surface area contributed by atoms with Crippen LogP contribution in [0.5, 0.6) is 0 Å². The molecule has 0 fully saturated rings. The molecule has 2 aromatic carbocycles. The molecule has 2 N–H and O–H groups in total. The summed E-state index contributed by atoms with van der Waals surface area (Å²) in [6, 6.07) is 21.3. The van der Waals surface area contributed by atoms with Gasteiger partial charge in [0.05, 0.1) is 23.1 Å². The summed E-state index contributed by atoms with van der Waals surface area (Å²) in [4.78, 5) is 32.0. The topological polar surface area (TPSA) is 71.1 Å². The molecule has 0 bridgehead atoms. The lowest BCUT2D eigenvalue weighted by atomic mass is 10.1. The first kappa shape index (κ1) is 21.5. The Bertz CT molecular complexity index is 1300. The molecule has 0 saturated heterocycles. The summed E-state index contributed by atoms with van der Waals surface area (Å²) in [5.41, 5.74) is 3.02. The second kappa shape index (κ2) is 9.66. The van der Waals surface area contributed by atoms with E-state index in [0.29, 0.717) is 24.2 Å². The number of nitrogens with one attached hydrogen (secondary N) is 2. The van der Waals surface area contributed by atoms with Crippen molar-refractivity contribution in [3.8, 4) is 10.6 Å². The number of aromatic nitrogens is 1. The van der Waals surface area contributed by atoms with Crippen LogP contribution in [0.2, 0.25) is 0 Å². The third-order valence-electron chi connectivity index (χ3n) is 4.87. The number of hydrogen-bond acceptors (Lipinski definition) is 6. The average Bonchev–Trinajstić information content (AvgIpc) is 3.55. The maximum Gasteiger partial charge on any atom is 0.229 e. The number of anilines is 2. The van der Waals surface area contributed by atoms with Gasteiger partial charge in [0.15, 0.2) is 0 Å². The van der Waals surface area contributed by atoms with E-state index >= 15 is 0 Å². The molecule has 33 heavy (non-hydrogen) atoms. The molecular weight excluding hydrogens is 470 g/mol. The van der Waals surface area contributed by atoms with Crippen molar-refractivity contribution in [2.24, 2.45) is 0 Å². The third-order valence-corrected chi connectivity index (χ3v) is 7.71. The molecule has 164 valence electrons. The Morgan fingerprint density at radius 3 is 1.91 bits per heavy atom. The van der Waals surface area contributed by atoms with Crippen LogP contribution in [-0.2, 0) is 22.4 Å². The van der Waals surface area contributed by atoms with Gasteiger partial charge in [-0.1, -0.05) is 24.3 Å². The molecule has 0 aliphatic heterocycles. The van der Waals surface area contributed by atoms with Crippen LogP contribution in [0.1, 0.15) is 9.75 Å². The molecule has 5 nitrogen and oxygen atoms in total. The highest BCUT2D eigenvalue weighted by molar-refractivity contribution is 7.21. The zero-order valence-electron chi connectivity index (χ0n) is 17.4. The maximum absolute atomic E-state index is 12.6. The van der Waals surface area contributed by atoms with E-state index in [2.05, 4.69) is 10.6 Å². The van der Waals surface area contributed by atoms with Crippen LogP contribution in [0, 0.1) is 0 Å². The summed E-state index contributed by atoms with van der Waals surface area (Å²) in [6.07, 6.45) is 0.617. The van der Waals surface area contributed by atoms with Gasteiger partial charge in [0.25, 0.3) is 0 Å². The summed E-state index contributed by atoms with van der Waals surface area (Å²) >= 11 is 4.68. The van der Waals surface area contributed by atoms with Crippen LogP contribution >= 0.6 is 34.0 Å². The van der Waals surface area contributed by atoms with Gasteiger partial charge in [-0.15, -0.1) is 34.0 Å². The van der Waals surface area contributed by atoms with E-state index in [4.69, 9.17) is 4.98 Å². The molecular formula is C25H19N3O2S3. The van der Waals surface area contributed by atoms with Crippen molar-refractivity contribution in [3.63, 3.8) is 0 Å². The molecule has 0 aliphatic rings. The number of carbonyl (C=O) groups is 2. The zero-order chi connectivity index (χ0) is 22.6. The Morgan fingerprint density at radius 1 is 0.758 bits per heavy atom. The van der Waals surface area contributed by atoms with Crippen molar-refractivity contribution in [1.29, 1.82) is 0 Å². The number of carbonyl (C=O) groups excluding carboxylic acids is 2. The van der Waals surface area contributed by atoms with Gasteiger partial charge >= 0.3 is 0 Å². The number of para-hydroxylation sites is 1. The van der Waals surface area contributed by atoms with E-state index in [-0.39, 0.29) is 11.8 Å². The van der Waals surface area contributed by atoms with E-state index in [1.54, 1.807) is 40.1 Å². The van der Waals surface area contributed by atoms with Gasteiger partial charge in [0, 0.05) is 26.7 Å². The van der Waals surface area contributed by atoms with Crippen LogP contribution in [0.15, 0.2) is 77.5 Å². The SMILES string of the molecule is O=C(Cc1cccs1)Nc1cc(NC(=O)Cc2cccs2)cc(-c2nc3ccccc3s2)c1. The monoisotopic (exact) mass is 489 g/mol. The molecule has 0 atom stereocenters. The zero-order valence-corrected chi connectivity index (χ0v) is 19.9. The molecule has 5 rings (SSSR count). The Hall–Kier alpha value is -3.33. The predicted molar refractivity (Wildman–Crippen MR) is 138 cm³/mol. The fourth-order valence-electron chi connectivity index (χ4n) is 3.44. The summed E-state index contributed by atoms with van der Waals surface area (Å²) < 4.78 is 1.09. The van der Waals surface area contributed by atoms with Gasteiger partial charge in [-0.2, -0.15) is 0 Å². The third kappa shape index (κ3) is 5.36. The lowest BCUT2D eigenvalue weighted by molar-refractivity contribution is -0.116. The maximum atomic E-state index is 12.6. The van der Waals surface area contributed by atoms with Gasteiger partial charge in [-0.05, 0) is 53.2 Å². The van der Waals surface area contributed by atoms with E-state index in [9.17, 15) is 9.59 Å². The van der Waals surface area contributed by atoms with Crippen LogP contribution in [0.4, 0.5) is 11.4 Å². The average molecular weight is 490 g/mol. The number of benzene rings is 2. The largest absolute Gasteiger partial charge is 0.326 e. The minimum atomic E-state index is -0.102. The van der Waals surface area contributed by atoms with Crippen molar-refractivity contribution in [3.05, 3.63) is 87.2 Å². The Morgan fingerprint density at radius 2 is 1.36 bits per heavy atom. The van der Waals surface area contributed by atoms with Crippen molar-refractivity contribution < 1.29 is 9.59 Å². The van der Waals surface area contributed by atoms with Crippen molar-refractivity contribution in [2.75, 3.05) is 10.6 Å². The van der Waals surface area contributed by atoms with Crippen molar-refractivity contribution in [1.82, 2.24) is 4.98 Å².